The summed E-state index contributed by atoms with van der Waals surface area (Å²) < 4.78 is 4.43. The summed E-state index contributed by atoms with van der Waals surface area (Å²) in [4.78, 5) is 36.2. The first kappa shape index (κ1) is 19.4. The Morgan fingerprint density at radius 3 is 2.58 bits per heavy atom. The molecule has 132 valence electrons. The minimum absolute atomic E-state index is 0.0199. The summed E-state index contributed by atoms with van der Waals surface area (Å²) in [5, 5.41) is 14.8. The Morgan fingerprint density at radius 2 is 2.04 bits per heavy atom. The molecule has 0 aliphatic heterocycles. The van der Waals surface area contributed by atoms with Gasteiger partial charge in [-0.2, -0.15) is 0 Å². The molecule has 0 spiro atoms. The van der Waals surface area contributed by atoms with Crippen LogP contribution in [0.4, 0.5) is 4.79 Å². The fourth-order valence-corrected chi connectivity index (χ4v) is 2.52. The first-order chi connectivity index (χ1) is 11.4. The number of carbonyl (C=O) groups is 3. The van der Waals surface area contributed by atoms with Crippen molar-refractivity contribution < 1.29 is 19.1 Å². The van der Waals surface area contributed by atoms with Crippen molar-refractivity contribution in [2.24, 2.45) is 5.73 Å². The van der Waals surface area contributed by atoms with Gasteiger partial charge >= 0.3 is 6.09 Å². The van der Waals surface area contributed by atoms with Crippen LogP contribution in [0.25, 0.3) is 0 Å². The number of methoxy groups -OCH3 is 1. The van der Waals surface area contributed by atoms with Crippen LogP contribution in [0.3, 0.4) is 0 Å². The van der Waals surface area contributed by atoms with Gasteiger partial charge in [0.2, 0.25) is 11.8 Å². The average Bonchev–Trinajstić information content (AvgIpc) is 3.04. The molecule has 0 aromatic carbocycles. The largest absolute Gasteiger partial charge is 0.453 e. The maximum atomic E-state index is 11.9. The van der Waals surface area contributed by atoms with Gasteiger partial charge in [-0.15, -0.1) is 11.3 Å². The van der Waals surface area contributed by atoms with E-state index in [1.807, 2.05) is 0 Å². The van der Waals surface area contributed by atoms with Gasteiger partial charge in [0.05, 0.1) is 25.1 Å². The summed E-state index contributed by atoms with van der Waals surface area (Å²) >= 11 is 1.31. The molecule has 24 heavy (non-hydrogen) atoms. The van der Waals surface area contributed by atoms with Gasteiger partial charge in [0.25, 0.3) is 0 Å². The third kappa shape index (κ3) is 6.24. The van der Waals surface area contributed by atoms with Crippen LogP contribution in [-0.2, 0) is 20.9 Å². The number of nitrogens with two attached hydrogens (primary N) is 1. The van der Waals surface area contributed by atoms with E-state index in [0.717, 1.165) is 4.88 Å². The zero-order valence-corrected chi connectivity index (χ0v) is 14.3. The quantitative estimate of drug-likeness (QED) is 0.326. The molecule has 10 heteroatoms. The highest BCUT2D eigenvalue weighted by Gasteiger charge is 2.19. The van der Waals surface area contributed by atoms with Crippen molar-refractivity contribution in [1.82, 2.24) is 16.0 Å². The Labute approximate surface area is 143 Å². The van der Waals surface area contributed by atoms with E-state index in [0.29, 0.717) is 11.3 Å². The Hall–Kier alpha value is -2.62. The predicted octanol–water partition coefficient (Wildman–Crippen LogP) is -0.101. The molecule has 0 aliphatic carbocycles. The fraction of sp³-hybridized carbons (Fsp3) is 0.429. The molecule has 1 aromatic heterocycles. The molecule has 6 N–H and O–H groups in total. The van der Waals surface area contributed by atoms with Crippen molar-refractivity contribution >= 4 is 35.1 Å². The summed E-state index contributed by atoms with van der Waals surface area (Å²) in [7, 11) is 1.20. The van der Waals surface area contributed by atoms with Crippen LogP contribution in [-0.4, -0.2) is 43.4 Å². The van der Waals surface area contributed by atoms with Crippen LogP contribution in [0, 0.1) is 5.41 Å². The lowest BCUT2D eigenvalue weighted by molar-refractivity contribution is -0.127. The predicted molar refractivity (Wildman–Crippen MR) is 89.8 cm³/mol. The smallest absolute Gasteiger partial charge is 0.407 e. The van der Waals surface area contributed by atoms with Gasteiger partial charge in [-0.05, 0) is 18.6 Å². The van der Waals surface area contributed by atoms with Crippen LogP contribution >= 0.6 is 11.3 Å². The van der Waals surface area contributed by atoms with E-state index >= 15 is 0 Å². The number of nitrogen functional groups attached to an aromatic ring is 1. The molecule has 3 amide bonds. The molecule has 0 fully saturated rings. The van der Waals surface area contributed by atoms with Crippen LogP contribution in [0.1, 0.15) is 23.1 Å². The third-order valence-electron chi connectivity index (χ3n) is 3.01. The summed E-state index contributed by atoms with van der Waals surface area (Å²) in [6, 6.07) is 2.72. The third-order valence-corrected chi connectivity index (χ3v) is 4.13. The van der Waals surface area contributed by atoms with E-state index in [9.17, 15) is 14.4 Å². The standard InChI is InChI=1S/C14H21N5O4S/c1-3-9(19-14(22)23-2)13(21)18-7-11(20)17-6-8-4-5-10(24-8)12(15)16/h4-5,9H,3,6-7H2,1-2H3,(H3,15,16)(H,17,20)(H,18,21)(H,19,22). The Balaban J connectivity index is 2.37. The monoisotopic (exact) mass is 355 g/mol. The van der Waals surface area contributed by atoms with Crippen molar-refractivity contribution in [3.8, 4) is 0 Å². The number of thiophene rings is 1. The second kappa shape index (κ2) is 9.50. The molecule has 0 bridgehead atoms. The van der Waals surface area contributed by atoms with Crippen molar-refractivity contribution in [2.45, 2.75) is 25.9 Å². The molecule has 0 radical (unpaired) electrons. The van der Waals surface area contributed by atoms with Gasteiger partial charge in [-0.1, -0.05) is 6.92 Å². The van der Waals surface area contributed by atoms with Crippen LogP contribution in [0.5, 0.6) is 0 Å². The highest BCUT2D eigenvalue weighted by Crippen LogP contribution is 2.15. The van der Waals surface area contributed by atoms with Crippen LogP contribution < -0.4 is 21.7 Å². The van der Waals surface area contributed by atoms with E-state index in [2.05, 4.69) is 20.7 Å². The molecule has 1 heterocycles. The van der Waals surface area contributed by atoms with Crippen molar-refractivity contribution in [3.05, 3.63) is 21.9 Å². The first-order valence-electron chi connectivity index (χ1n) is 7.19. The highest BCUT2D eigenvalue weighted by molar-refractivity contribution is 7.14. The van der Waals surface area contributed by atoms with Gasteiger partial charge in [-0.25, -0.2) is 4.79 Å². The molecular weight excluding hydrogens is 334 g/mol. The number of hydrogen-bond acceptors (Lipinski definition) is 6. The average molecular weight is 355 g/mol. The van der Waals surface area contributed by atoms with E-state index in [4.69, 9.17) is 11.1 Å². The van der Waals surface area contributed by atoms with E-state index in [1.54, 1.807) is 19.1 Å². The Morgan fingerprint density at radius 1 is 1.33 bits per heavy atom. The van der Waals surface area contributed by atoms with Crippen LogP contribution in [0.2, 0.25) is 0 Å². The fourth-order valence-electron chi connectivity index (χ4n) is 1.71. The van der Waals surface area contributed by atoms with E-state index < -0.39 is 18.0 Å². The van der Waals surface area contributed by atoms with E-state index in [-0.39, 0.29) is 24.8 Å². The molecule has 1 aromatic rings. The molecule has 0 saturated carbocycles. The van der Waals surface area contributed by atoms with Gasteiger partial charge in [-0.3, -0.25) is 15.0 Å². The number of amides is 3. The number of nitrogens with one attached hydrogen (secondary N) is 4. The van der Waals surface area contributed by atoms with Gasteiger partial charge in [0, 0.05) is 4.88 Å². The van der Waals surface area contributed by atoms with Crippen molar-refractivity contribution in [3.63, 3.8) is 0 Å². The summed E-state index contributed by atoms with van der Waals surface area (Å²) in [5.41, 5.74) is 5.37. The molecular formula is C14H21N5O4S. The zero-order chi connectivity index (χ0) is 18.1. The SMILES string of the molecule is CCC(NC(=O)OC)C(=O)NCC(=O)NCc1ccc(C(=N)N)s1. The minimum Gasteiger partial charge on any atom is -0.453 e. The Kier molecular flexibility index (Phi) is 7.69. The number of rotatable bonds is 8. The summed E-state index contributed by atoms with van der Waals surface area (Å²) in [6.07, 6.45) is -0.341. The lowest BCUT2D eigenvalue weighted by Crippen LogP contribution is -2.48. The lowest BCUT2D eigenvalue weighted by atomic mass is 10.2. The lowest BCUT2D eigenvalue weighted by Gasteiger charge is -2.15. The zero-order valence-electron chi connectivity index (χ0n) is 13.5. The topological polar surface area (TPSA) is 146 Å². The van der Waals surface area contributed by atoms with E-state index in [1.165, 1.54) is 18.4 Å². The first-order valence-corrected chi connectivity index (χ1v) is 8.01. The second-order valence-electron chi connectivity index (χ2n) is 4.77. The Bertz CT molecular complexity index is 616. The molecule has 1 unspecified atom stereocenters. The summed E-state index contributed by atoms with van der Waals surface area (Å²) in [6.45, 7) is 1.80. The minimum atomic E-state index is -0.763. The summed E-state index contributed by atoms with van der Waals surface area (Å²) in [5.74, 6) is -0.851. The van der Waals surface area contributed by atoms with Crippen molar-refractivity contribution in [1.29, 1.82) is 5.41 Å². The number of alkyl carbamates (subject to hydrolysis) is 1. The molecule has 0 aliphatic rings. The molecule has 1 rings (SSSR count). The van der Waals surface area contributed by atoms with Crippen molar-refractivity contribution in [2.75, 3.05) is 13.7 Å². The van der Waals surface area contributed by atoms with Gasteiger partial charge in [0.1, 0.15) is 11.9 Å². The van der Waals surface area contributed by atoms with Gasteiger partial charge in [0.15, 0.2) is 0 Å². The number of carbonyl (C=O) groups excluding carboxylic acids is 3. The maximum Gasteiger partial charge on any atom is 0.407 e. The van der Waals surface area contributed by atoms with Crippen LogP contribution in [0.15, 0.2) is 12.1 Å². The number of amidine groups is 1. The molecule has 1 atom stereocenters. The highest BCUT2D eigenvalue weighted by atomic mass is 32.1. The normalized spacial score (nSPS) is 11.2. The number of hydrogen-bond donors (Lipinski definition) is 5. The number of ether oxygens (including phenoxy) is 1. The molecule has 9 nitrogen and oxygen atoms in total. The maximum absolute atomic E-state index is 11.9. The molecule has 0 saturated heterocycles. The second-order valence-corrected chi connectivity index (χ2v) is 5.94. The van der Waals surface area contributed by atoms with Gasteiger partial charge < -0.3 is 26.4 Å².